The maximum atomic E-state index is 13.1. The molecule has 146 valence electrons. The van der Waals surface area contributed by atoms with Crippen LogP contribution in [0.4, 0.5) is 35.9 Å². The van der Waals surface area contributed by atoms with E-state index in [1.165, 1.54) is 5.01 Å². The molecular formula is C20H13F3N4O2. The molecule has 3 aromatic carbocycles. The molecule has 0 spiro atoms. The third kappa shape index (κ3) is 3.49. The number of nitro groups is 1. The number of hydrazine groups is 1. The van der Waals surface area contributed by atoms with E-state index in [2.05, 4.69) is 10.4 Å². The van der Waals surface area contributed by atoms with Crippen LogP contribution in [0.25, 0.3) is 0 Å². The van der Waals surface area contributed by atoms with Crippen molar-refractivity contribution in [3.05, 3.63) is 94.0 Å². The minimum Gasteiger partial charge on any atom is -0.276 e. The highest BCUT2D eigenvalue weighted by Crippen LogP contribution is 2.42. The third-order valence-electron chi connectivity index (χ3n) is 4.36. The zero-order valence-corrected chi connectivity index (χ0v) is 14.7. The van der Waals surface area contributed by atoms with Gasteiger partial charge < -0.3 is 0 Å². The summed E-state index contributed by atoms with van der Waals surface area (Å²) in [6, 6.07) is 18.4. The average Bonchev–Trinajstić information content (AvgIpc) is 2.72. The minimum atomic E-state index is -4.69. The molecule has 0 amide bonds. The van der Waals surface area contributed by atoms with Crippen LogP contribution >= 0.6 is 0 Å². The maximum absolute atomic E-state index is 13.1. The van der Waals surface area contributed by atoms with Crippen molar-refractivity contribution in [1.82, 2.24) is 5.43 Å². The van der Waals surface area contributed by atoms with Gasteiger partial charge in [-0.2, -0.15) is 13.2 Å². The van der Waals surface area contributed by atoms with E-state index in [9.17, 15) is 23.3 Å². The van der Waals surface area contributed by atoms with Crippen LogP contribution in [0.3, 0.4) is 0 Å². The zero-order valence-electron chi connectivity index (χ0n) is 14.7. The number of rotatable bonds is 3. The normalized spacial score (nSPS) is 13.3. The number of alkyl halides is 3. The van der Waals surface area contributed by atoms with Crippen molar-refractivity contribution in [3.8, 4) is 0 Å². The molecule has 0 aromatic heterocycles. The first kappa shape index (κ1) is 18.5. The molecule has 0 aliphatic carbocycles. The molecule has 0 saturated heterocycles. The molecule has 0 unspecified atom stereocenters. The lowest BCUT2D eigenvalue weighted by Gasteiger charge is -2.31. The lowest BCUT2D eigenvalue weighted by atomic mass is 10.1. The summed E-state index contributed by atoms with van der Waals surface area (Å²) in [4.78, 5) is 15.3. The summed E-state index contributed by atoms with van der Waals surface area (Å²) in [5.41, 5.74) is 2.94. The Bertz CT molecular complexity index is 1110. The van der Waals surface area contributed by atoms with E-state index in [-0.39, 0.29) is 5.69 Å². The van der Waals surface area contributed by atoms with E-state index in [1.807, 2.05) is 18.2 Å². The molecule has 29 heavy (non-hydrogen) atoms. The SMILES string of the molecule is O=[N+]([O-])c1cc(C(F)(F)F)ccc1N1NC(c2ccccc2)=Nc2ccccc21. The van der Waals surface area contributed by atoms with Crippen LogP contribution in [-0.2, 0) is 6.18 Å². The van der Waals surface area contributed by atoms with Gasteiger partial charge in [0, 0.05) is 11.6 Å². The van der Waals surface area contributed by atoms with Gasteiger partial charge in [-0.25, -0.2) is 10.0 Å². The van der Waals surface area contributed by atoms with Crippen molar-refractivity contribution in [2.24, 2.45) is 4.99 Å². The Balaban J connectivity index is 1.87. The minimum absolute atomic E-state index is 0.0289. The van der Waals surface area contributed by atoms with Gasteiger partial charge >= 0.3 is 6.18 Å². The molecule has 0 atom stereocenters. The van der Waals surface area contributed by atoms with Gasteiger partial charge in [-0.15, -0.1) is 0 Å². The van der Waals surface area contributed by atoms with Crippen LogP contribution in [0.15, 0.2) is 77.8 Å². The zero-order chi connectivity index (χ0) is 20.6. The Morgan fingerprint density at radius 2 is 1.62 bits per heavy atom. The van der Waals surface area contributed by atoms with Gasteiger partial charge in [-0.3, -0.25) is 15.5 Å². The molecule has 0 bridgehead atoms. The fourth-order valence-electron chi connectivity index (χ4n) is 3.01. The number of benzene rings is 3. The first-order valence-corrected chi connectivity index (χ1v) is 8.50. The number of hydrogen-bond donors (Lipinski definition) is 1. The highest BCUT2D eigenvalue weighted by atomic mass is 19.4. The molecule has 0 fully saturated rings. The Morgan fingerprint density at radius 1 is 0.931 bits per heavy atom. The number of nitro benzene ring substituents is 1. The van der Waals surface area contributed by atoms with Gasteiger partial charge in [0.15, 0.2) is 5.84 Å². The number of para-hydroxylation sites is 2. The molecule has 4 rings (SSSR count). The predicted octanol–water partition coefficient (Wildman–Crippen LogP) is 5.35. The average molecular weight is 398 g/mol. The van der Waals surface area contributed by atoms with E-state index in [4.69, 9.17) is 0 Å². The van der Waals surface area contributed by atoms with Gasteiger partial charge in [0.05, 0.1) is 21.9 Å². The fourth-order valence-corrected chi connectivity index (χ4v) is 3.01. The van der Waals surface area contributed by atoms with Crippen LogP contribution < -0.4 is 10.4 Å². The van der Waals surface area contributed by atoms with E-state index in [1.54, 1.807) is 36.4 Å². The highest BCUT2D eigenvalue weighted by Gasteiger charge is 2.35. The number of hydrogen-bond acceptors (Lipinski definition) is 5. The molecule has 3 aromatic rings. The summed E-state index contributed by atoms with van der Waals surface area (Å²) in [7, 11) is 0. The van der Waals surface area contributed by atoms with Crippen LogP contribution in [0.5, 0.6) is 0 Å². The number of nitrogens with one attached hydrogen (secondary N) is 1. The lowest BCUT2D eigenvalue weighted by Crippen LogP contribution is -2.41. The van der Waals surface area contributed by atoms with Crippen molar-refractivity contribution in [3.63, 3.8) is 0 Å². The maximum Gasteiger partial charge on any atom is 0.416 e. The van der Waals surface area contributed by atoms with Gasteiger partial charge in [-0.05, 0) is 24.3 Å². The first-order chi connectivity index (χ1) is 13.8. The summed E-state index contributed by atoms with van der Waals surface area (Å²) in [5, 5.41) is 12.9. The predicted molar refractivity (Wildman–Crippen MR) is 102 cm³/mol. The summed E-state index contributed by atoms with van der Waals surface area (Å²) in [6.45, 7) is 0. The van der Waals surface area contributed by atoms with E-state index >= 15 is 0 Å². The molecule has 1 aliphatic rings. The molecule has 1 N–H and O–H groups in total. The second-order valence-electron chi connectivity index (χ2n) is 6.22. The van der Waals surface area contributed by atoms with Crippen LogP contribution in [0, 0.1) is 10.1 Å². The molecule has 0 saturated carbocycles. The fraction of sp³-hybridized carbons (Fsp3) is 0.0500. The first-order valence-electron chi connectivity index (χ1n) is 8.50. The van der Waals surface area contributed by atoms with E-state index < -0.39 is 22.4 Å². The van der Waals surface area contributed by atoms with Crippen molar-refractivity contribution in [2.75, 3.05) is 5.01 Å². The van der Waals surface area contributed by atoms with Crippen molar-refractivity contribution < 1.29 is 18.1 Å². The Labute approximate surface area is 163 Å². The summed E-state index contributed by atoms with van der Waals surface area (Å²) >= 11 is 0. The number of amidine groups is 1. The Morgan fingerprint density at radius 3 is 2.31 bits per heavy atom. The molecule has 0 radical (unpaired) electrons. The van der Waals surface area contributed by atoms with Crippen LogP contribution in [0.1, 0.15) is 11.1 Å². The largest absolute Gasteiger partial charge is 0.416 e. The quantitative estimate of drug-likeness (QED) is 0.477. The topological polar surface area (TPSA) is 70.8 Å². The lowest BCUT2D eigenvalue weighted by molar-refractivity contribution is -0.384. The number of aliphatic imine (C=N–C) groups is 1. The standard InChI is InChI=1S/C20H13F3N4O2/c21-20(22,23)14-10-11-17(18(12-14)27(28)29)26-16-9-5-4-8-15(16)24-19(25-26)13-6-2-1-3-7-13/h1-12H,(H,24,25). The Kier molecular flexibility index (Phi) is 4.42. The summed E-state index contributed by atoms with van der Waals surface area (Å²) in [6.07, 6.45) is -4.69. The van der Waals surface area contributed by atoms with Crippen molar-refractivity contribution >= 4 is 28.6 Å². The van der Waals surface area contributed by atoms with E-state index in [0.29, 0.717) is 23.3 Å². The molecule has 9 heteroatoms. The molecular weight excluding hydrogens is 385 g/mol. The second kappa shape index (κ2) is 6.93. The Hall–Kier alpha value is -3.88. The highest BCUT2D eigenvalue weighted by molar-refractivity contribution is 6.05. The molecule has 1 heterocycles. The van der Waals surface area contributed by atoms with Crippen molar-refractivity contribution in [1.29, 1.82) is 0 Å². The van der Waals surface area contributed by atoms with Gasteiger partial charge in [0.2, 0.25) is 0 Å². The third-order valence-corrected chi connectivity index (χ3v) is 4.36. The number of halogens is 3. The van der Waals surface area contributed by atoms with Crippen LogP contribution in [0.2, 0.25) is 0 Å². The van der Waals surface area contributed by atoms with E-state index in [0.717, 1.165) is 17.7 Å². The van der Waals surface area contributed by atoms with Gasteiger partial charge in [-0.1, -0.05) is 42.5 Å². The molecule has 1 aliphatic heterocycles. The van der Waals surface area contributed by atoms with Crippen molar-refractivity contribution in [2.45, 2.75) is 6.18 Å². The monoisotopic (exact) mass is 398 g/mol. The number of anilines is 2. The van der Waals surface area contributed by atoms with Gasteiger partial charge in [0.1, 0.15) is 5.69 Å². The van der Waals surface area contributed by atoms with Crippen LogP contribution in [-0.4, -0.2) is 10.8 Å². The summed E-state index contributed by atoms with van der Waals surface area (Å²) in [5.74, 6) is 0.415. The smallest absolute Gasteiger partial charge is 0.276 e. The molecule has 6 nitrogen and oxygen atoms in total. The second-order valence-corrected chi connectivity index (χ2v) is 6.22. The number of fused-ring (bicyclic) bond motifs is 1. The summed E-state index contributed by atoms with van der Waals surface area (Å²) < 4.78 is 39.2. The van der Waals surface area contributed by atoms with Gasteiger partial charge in [0.25, 0.3) is 5.69 Å². The number of nitrogens with zero attached hydrogens (tertiary/aromatic N) is 3.